The van der Waals surface area contributed by atoms with Crippen LogP contribution in [-0.4, -0.2) is 91.7 Å². The minimum Gasteiger partial charge on any atom is -0.370 e. The van der Waals surface area contributed by atoms with Crippen LogP contribution in [0.15, 0.2) is 53.6 Å². The number of halogens is 1. The van der Waals surface area contributed by atoms with Gasteiger partial charge in [-0.2, -0.15) is 5.26 Å². The number of piperidine rings is 2. The van der Waals surface area contributed by atoms with Gasteiger partial charge in [0.15, 0.2) is 5.13 Å². The molecule has 2 aromatic rings. The number of rotatable bonds is 11. The summed E-state index contributed by atoms with van der Waals surface area (Å²) < 4.78 is 13.6. The molecule has 248 valence electrons. The first-order valence-electron chi connectivity index (χ1n) is 16.0. The Labute approximate surface area is 276 Å². The zero-order chi connectivity index (χ0) is 33.2. The van der Waals surface area contributed by atoms with Crippen molar-refractivity contribution in [2.24, 2.45) is 10.9 Å². The van der Waals surface area contributed by atoms with Gasteiger partial charge in [-0.25, -0.2) is 14.4 Å². The van der Waals surface area contributed by atoms with E-state index in [0.29, 0.717) is 34.2 Å². The molecule has 46 heavy (non-hydrogen) atoms. The molecule has 0 saturated carbocycles. The third-order valence-electron chi connectivity index (χ3n) is 8.58. The Bertz CT molecular complexity index is 1440. The summed E-state index contributed by atoms with van der Waals surface area (Å²) in [7, 11) is 5.91. The summed E-state index contributed by atoms with van der Waals surface area (Å²) in [6, 6.07) is 8.44. The number of hydrazine groups is 1. The van der Waals surface area contributed by atoms with E-state index >= 15 is 0 Å². The molecule has 13 heteroatoms. The van der Waals surface area contributed by atoms with E-state index in [1.165, 1.54) is 23.5 Å². The van der Waals surface area contributed by atoms with Crippen molar-refractivity contribution in [3.8, 4) is 17.3 Å². The summed E-state index contributed by atoms with van der Waals surface area (Å²) in [5.74, 6) is 1.56. The lowest BCUT2D eigenvalue weighted by Gasteiger charge is -2.42. The highest BCUT2D eigenvalue weighted by atomic mass is 32.1. The molecule has 0 unspecified atom stereocenters. The third-order valence-corrected chi connectivity index (χ3v) is 9.62. The summed E-state index contributed by atoms with van der Waals surface area (Å²) in [5.41, 5.74) is 2.21. The average molecular weight is 651 g/mol. The van der Waals surface area contributed by atoms with Crippen molar-refractivity contribution in [2.75, 3.05) is 58.8 Å². The van der Waals surface area contributed by atoms with Gasteiger partial charge in [-0.05, 0) is 76.4 Å². The summed E-state index contributed by atoms with van der Waals surface area (Å²) in [4.78, 5) is 27.0. The number of allylic oxidation sites excluding steroid dienone is 1. The van der Waals surface area contributed by atoms with Gasteiger partial charge in [0.05, 0.1) is 5.70 Å². The van der Waals surface area contributed by atoms with Gasteiger partial charge in [0.1, 0.15) is 28.3 Å². The van der Waals surface area contributed by atoms with E-state index in [4.69, 9.17) is 4.98 Å². The Hall–Kier alpha value is -4.15. The largest absolute Gasteiger partial charge is 0.370 e. The molecule has 4 rings (SSSR count). The van der Waals surface area contributed by atoms with Gasteiger partial charge in [-0.15, -0.1) is 0 Å². The number of carbonyl (C=O) groups excluding carboxylic acids is 1. The monoisotopic (exact) mass is 650 g/mol. The fourth-order valence-electron chi connectivity index (χ4n) is 5.95. The first-order valence-corrected chi connectivity index (χ1v) is 16.8. The van der Waals surface area contributed by atoms with Crippen LogP contribution in [0.4, 0.5) is 9.52 Å². The van der Waals surface area contributed by atoms with E-state index in [2.05, 4.69) is 50.4 Å². The number of likely N-dealkylation sites (tertiary alicyclic amines) is 1. The topological polar surface area (TPSA) is 115 Å². The Morgan fingerprint density at radius 3 is 2.43 bits per heavy atom. The minimum absolute atomic E-state index is 0.102. The lowest BCUT2D eigenvalue weighted by molar-refractivity contribution is -0.126. The quantitative estimate of drug-likeness (QED) is 0.186. The zero-order valence-electron chi connectivity index (χ0n) is 27.6. The highest BCUT2D eigenvalue weighted by Crippen LogP contribution is 2.34. The standard InChI is InChI=1S/C33H47FN10OS/c1-7-27(30(37-8-2)41(4)33-40-29(28(22-35)46-33)23-10-12-25(34)13-11-23)42(5)43(6)32(38-9-3)44-20-16-26(17-21-44)39-31(45)24-14-18-36-19-15-24/h9-13,24,26,36-37H,3,7-8,14-21H2,1-2,4-6H3,(H,39,45)/b30-27+,38-32+. The molecule has 2 saturated heterocycles. The molecule has 0 bridgehead atoms. The van der Waals surface area contributed by atoms with Crippen LogP contribution in [0, 0.1) is 23.1 Å². The van der Waals surface area contributed by atoms with Gasteiger partial charge in [0.25, 0.3) is 0 Å². The van der Waals surface area contributed by atoms with E-state index in [0.717, 1.165) is 69.3 Å². The average Bonchev–Trinajstić information content (AvgIpc) is 3.52. The highest BCUT2D eigenvalue weighted by Gasteiger charge is 2.30. The number of aromatic nitrogens is 1. The van der Waals surface area contributed by atoms with E-state index in [-0.39, 0.29) is 23.7 Å². The lowest BCUT2D eigenvalue weighted by Crippen LogP contribution is -2.54. The predicted molar refractivity (Wildman–Crippen MR) is 183 cm³/mol. The summed E-state index contributed by atoms with van der Waals surface area (Å²) in [5, 5.41) is 24.8. The van der Waals surface area contributed by atoms with Gasteiger partial charge >= 0.3 is 0 Å². The van der Waals surface area contributed by atoms with Crippen molar-refractivity contribution in [2.45, 2.75) is 52.0 Å². The predicted octanol–water partition coefficient (Wildman–Crippen LogP) is 4.30. The van der Waals surface area contributed by atoms with E-state index in [1.54, 1.807) is 18.3 Å². The molecule has 0 atom stereocenters. The van der Waals surface area contributed by atoms with Crippen molar-refractivity contribution in [1.29, 1.82) is 5.26 Å². The maximum Gasteiger partial charge on any atom is 0.223 e. The number of hydrogen-bond donors (Lipinski definition) is 3. The molecular formula is C33H47FN10OS. The molecule has 11 nitrogen and oxygen atoms in total. The molecule has 3 N–H and O–H groups in total. The first kappa shape index (κ1) is 34.7. The normalized spacial score (nSPS) is 16.7. The van der Waals surface area contributed by atoms with Crippen molar-refractivity contribution in [1.82, 2.24) is 35.9 Å². The second-order valence-corrected chi connectivity index (χ2v) is 12.5. The number of guanidine groups is 1. The van der Waals surface area contributed by atoms with Crippen molar-refractivity contribution < 1.29 is 9.18 Å². The molecule has 0 spiro atoms. The van der Waals surface area contributed by atoms with Crippen LogP contribution in [0.5, 0.6) is 0 Å². The van der Waals surface area contributed by atoms with Crippen molar-refractivity contribution in [3.05, 3.63) is 59.3 Å². The molecule has 1 amide bonds. The first-order chi connectivity index (χ1) is 22.2. The molecular weight excluding hydrogens is 603 g/mol. The smallest absolute Gasteiger partial charge is 0.223 e. The molecule has 1 aromatic carbocycles. The number of hydrogen-bond acceptors (Lipinski definition) is 9. The Balaban J connectivity index is 1.52. The molecule has 2 fully saturated rings. The van der Waals surface area contributed by atoms with Crippen LogP contribution in [-0.2, 0) is 4.79 Å². The number of nitrogens with one attached hydrogen (secondary N) is 3. The fraction of sp³-hybridized carbons (Fsp3) is 0.515. The number of nitrogens with zero attached hydrogens (tertiary/aromatic N) is 7. The van der Waals surface area contributed by atoms with Gasteiger partial charge in [-0.3, -0.25) is 14.8 Å². The second kappa shape index (κ2) is 16.4. The summed E-state index contributed by atoms with van der Waals surface area (Å²) in [6.07, 6.45) is 5.73. The molecule has 2 aliphatic heterocycles. The Morgan fingerprint density at radius 2 is 1.85 bits per heavy atom. The number of anilines is 1. The SMILES string of the molecule is C=C/N=C(/N1CCC(NC(=O)C2CCNCC2)CC1)N(C)N(C)/C(CC)=C(\NCC)N(C)c1nc(-c2ccc(F)cc2)c(C#N)s1. The maximum atomic E-state index is 13.6. The van der Waals surface area contributed by atoms with E-state index in [1.807, 2.05) is 38.0 Å². The molecule has 2 aliphatic rings. The van der Waals surface area contributed by atoms with Gasteiger partial charge in [-0.1, -0.05) is 24.8 Å². The summed E-state index contributed by atoms with van der Waals surface area (Å²) >= 11 is 1.29. The number of nitriles is 1. The zero-order valence-corrected chi connectivity index (χ0v) is 28.5. The van der Waals surface area contributed by atoms with Crippen molar-refractivity contribution >= 4 is 28.3 Å². The molecule has 0 aliphatic carbocycles. The van der Waals surface area contributed by atoms with Gasteiger partial charge in [0.2, 0.25) is 11.9 Å². The fourth-order valence-corrected chi connectivity index (χ4v) is 6.81. The number of aliphatic imine (C=N–C) groups is 1. The highest BCUT2D eigenvalue weighted by molar-refractivity contribution is 7.16. The Kier molecular flexibility index (Phi) is 12.4. The van der Waals surface area contributed by atoms with Crippen LogP contribution in [0.1, 0.15) is 50.8 Å². The molecule has 0 radical (unpaired) electrons. The minimum atomic E-state index is -0.338. The van der Waals surface area contributed by atoms with Crippen LogP contribution in [0.2, 0.25) is 0 Å². The number of benzene rings is 1. The Morgan fingerprint density at radius 1 is 1.17 bits per heavy atom. The molecule has 3 heterocycles. The second-order valence-electron chi connectivity index (χ2n) is 11.5. The van der Waals surface area contributed by atoms with E-state index < -0.39 is 0 Å². The number of carbonyl (C=O) groups is 1. The maximum absolute atomic E-state index is 13.6. The van der Waals surface area contributed by atoms with Crippen LogP contribution >= 0.6 is 11.3 Å². The third kappa shape index (κ3) is 8.16. The van der Waals surface area contributed by atoms with Crippen LogP contribution < -0.4 is 20.9 Å². The van der Waals surface area contributed by atoms with Crippen molar-refractivity contribution in [3.63, 3.8) is 0 Å². The van der Waals surface area contributed by atoms with Gasteiger partial charge in [0, 0.05) is 64.5 Å². The lowest BCUT2D eigenvalue weighted by atomic mass is 9.96. The van der Waals surface area contributed by atoms with E-state index in [9.17, 15) is 14.4 Å². The summed E-state index contributed by atoms with van der Waals surface area (Å²) in [6.45, 7) is 12.0. The van der Waals surface area contributed by atoms with Crippen LogP contribution in [0.3, 0.4) is 0 Å². The number of thiazole rings is 1. The van der Waals surface area contributed by atoms with Gasteiger partial charge < -0.3 is 25.8 Å². The van der Waals surface area contributed by atoms with Crippen LogP contribution in [0.25, 0.3) is 11.3 Å². The number of amides is 1. The molecule has 1 aromatic heterocycles.